The number of hydrogen-bond acceptors (Lipinski definition) is 7. The topological polar surface area (TPSA) is 109 Å². The standard InChI is InChI=1S/C33H32F3N3O5S/c1-44-21-23(17-22-7-11-27(38-41)12-8-22)9-14-32(40)30-20-31(39-15-2-3-16-45(39,42)43)28-19-25(10-13-29(28)37-30)24-5-4-6-26(18-24)33(34,35)36/h4-14,18-20,23,32,40H,2-3,15-17,21H2,1H3/b14-9+. The maximum Gasteiger partial charge on any atom is 0.416 e. The van der Waals surface area contributed by atoms with Gasteiger partial charge in [0.25, 0.3) is 0 Å². The van der Waals surface area contributed by atoms with Crippen molar-refractivity contribution < 1.29 is 31.4 Å². The SMILES string of the molecule is COCC(/C=C/C(O)c1cc(N2CCCCS2(=O)=O)c2cc(-c3cccc(C(F)(F)F)c3)ccc2n1)Cc1ccc(N=O)cc1. The molecular weight excluding hydrogens is 607 g/mol. The van der Waals surface area contributed by atoms with Gasteiger partial charge in [-0.05, 0) is 83.6 Å². The van der Waals surface area contributed by atoms with E-state index < -0.39 is 27.9 Å². The number of aliphatic hydroxyl groups excluding tert-OH is 1. The molecule has 1 aliphatic rings. The lowest BCUT2D eigenvalue weighted by Gasteiger charge is -2.30. The number of ether oxygens (including phenoxy) is 1. The predicted octanol–water partition coefficient (Wildman–Crippen LogP) is 7.34. The average molecular weight is 640 g/mol. The Labute approximate surface area is 259 Å². The van der Waals surface area contributed by atoms with Crippen molar-refractivity contribution in [2.45, 2.75) is 31.5 Å². The van der Waals surface area contributed by atoms with E-state index >= 15 is 0 Å². The Balaban J connectivity index is 1.52. The molecule has 2 heterocycles. The first-order valence-electron chi connectivity index (χ1n) is 14.4. The van der Waals surface area contributed by atoms with Crippen molar-refractivity contribution in [2.75, 3.05) is 30.3 Å². The Morgan fingerprint density at radius 2 is 1.78 bits per heavy atom. The fourth-order valence-electron chi connectivity index (χ4n) is 5.45. The number of aromatic nitrogens is 1. The summed E-state index contributed by atoms with van der Waals surface area (Å²) in [6, 6.07) is 18.2. The number of nitroso groups, excluding NO2 is 1. The van der Waals surface area contributed by atoms with Crippen LogP contribution in [0.25, 0.3) is 22.0 Å². The van der Waals surface area contributed by atoms with Crippen LogP contribution in [-0.2, 0) is 27.4 Å². The van der Waals surface area contributed by atoms with Gasteiger partial charge in [-0.1, -0.05) is 42.5 Å². The lowest BCUT2D eigenvalue weighted by atomic mass is 9.98. The first-order valence-corrected chi connectivity index (χ1v) is 16.0. The number of rotatable bonds is 10. The number of hydrogen-bond donors (Lipinski definition) is 1. The molecule has 1 fully saturated rings. The van der Waals surface area contributed by atoms with Crippen molar-refractivity contribution in [3.63, 3.8) is 0 Å². The second-order valence-electron chi connectivity index (χ2n) is 11.0. The Bertz CT molecular complexity index is 1810. The number of fused-ring (bicyclic) bond motifs is 1. The smallest absolute Gasteiger partial charge is 0.384 e. The van der Waals surface area contributed by atoms with Crippen LogP contribution >= 0.6 is 0 Å². The van der Waals surface area contributed by atoms with Crippen molar-refractivity contribution in [1.29, 1.82) is 0 Å². The first-order chi connectivity index (χ1) is 21.5. The van der Waals surface area contributed by atoms with E-state index in [2.05, 4.69) is 10.2 Å². The van der Waals surface area contributed by atoms with Gasteiger partial charge in [0.15, 0.2) is 0 Å². The molecule has 0 spiro atoms. The van der Waals surface area contributed by atoms with Crippen LogP contribution in [0.3, 0.4) is 0 Å². The third-order valence-electron chi connectivity index (χ3n) is 7.74. The summed E-state index contributed by atoms with van der Waals surface area (Å²) in [7, 11) is -2.10. The minimum absolute atomic E-state index is 0.0372. The second kappa shape index (κ2) is 13.5. The third-order valence-corrected chi connectivity index (χ3v) is 9.59. The number of pyridine rings is 1. The number of aliphatic hydroxyl groups is 1. The molecule has 0 radical (unpaired) electrons. The van der Waals surface area contributed by atoms with E-state index in [-0.39, 0.29) is 23.9 Å². The Morgan fingerprint density at radius 3 is 2.47 bits per heavy atom. The van der Waals surface area contributed by atoms with Gasteiger partial charge in [0, 0.05) is 25.0 Å². The molecule has 3 aromatic carbocycles. The molecule has 0 saturated carbocycles. The summed E-state index contributed by atoms with van der Waals surface area (Å²) < 4.78 is 73.3. The molecular formula is C33H32F3N3O5S. The van der Waals surface area contributed by atoms with Gasteiger partial charge in [0.05, 0.1) is 34.8 Å². The lowest BCUT2D eigenvalue weighted by molar-refractivity contribution is -0.137. The van der Waals surface area contributed by atoms with Crippen molar-refractivity contribution >= 4 is 32.3 Å². The zero-order valence-corrected chi connectivity index (χ0v) is 25.3. The molecule has 45 heavy (non-hydrogen) atoms. The van der Waals surface area contributed by atoms with Crippen molar-refractivity contribution in [2.24, 2.45) is 11.1 Å². The lowest BCUT2D eigenvalue weighted by Crippen LogP contribution is -2.38. The fraction of sp³-hybridized carbons (Fsp3) is 0.303. The number of nitrogens with zero attached hydrogens (tertiary/aromatic N) is 3. The van der Waals surface area contributed by atoms with Crippen molar-refractivity contribution in [1.82, 2.24) is 4.98 Å². The van der Waals surface area contributed by atoms with Crippen molar-refractivity contribution in [3.8, 4) is 11.1 Å². The highest BCUT2D eigenvalue weighted by Gasteiger charge is 2.31. The van der Waals surface area contributed by atoms with Gasteiger partial charge in [0.2, 0.25) is 10.0 Å². The number of anilines is 1. The highest BCUT2D eigenvalue weighted by atomic mass is 32.2. The number of methoxy groups -OCH3 is 1. The zero-order valence-electron chi connectivity index (χ0n) is 24.4. The van der Waals surface area contributed by atoms with Gasteiger partial charge < -0.3 is 9.84 Å². The van der Waals surface area contributed by atoms with E-state index in [1.807, 2.05) is 0 Å². The molecule has 2 unspecified atom stereocenters. The van der Waals surface area contributed by atoms with Gasteiger partial charge in [-0.3, -0.25) is 4.31 Å². The molecule has 0 aliphatic carbocycles. The molecule has 0 amide bonds. The average Bonchev–Trinajstić information content (AvgIpc) is 3.02. The minimum atomic E-state index is -4.51. The van der Waals surface area contributed by atoms with E-state index in [0.29, 0.717) is 59.3 Å². The largest absolute Gasteiger partial charge is 0.416 e. The van der Waals surface area contributed by atoms with E-state index in [0.717, 1.165) is 17.7 Å². The maximum atomic E-state index is 13.4. The molecule has 1 aliphatic heterocycles. The highest BCUT2D eigenvalue weighted by molar-refractivity contribution is 7.92. The number of alkyl halides is 3. The summed E-state index contributed by atoms with van der Waals surface area (Å²) in [5.74, 6) is -0.165. The second-order valence-corrected chi connectivity index (χ2v) is 13.0. The van der Waals surface area contributed by atoms with Crippen molar-refractivity contribution in [3.05, 3.63) is 107 Å². The van der Waals surface area contributed by atoms with Gasteiger partial charge in [-0.15, -0.1) is 4.91 Å². The van der Waals surface area contributed by atoms with Crippen LogP contribution in [0.2, 0.25) is 0 Å². The van der Waals surface area contributed by atoms with E-state index in [1.54, 1.807) is 67.8 Å². The van der Waals surface area contributed by atoms with Crippen LogP contribution in [0.4, 0.5) is 24.5 Å². The molecule has 1 saturated heterocycles. The summed E-state index contributed by atoms with van der Waals surface area (Å²) in [4.78, 5) is 15.4. The zero-order chi connectivity index (χ0) is 32.2. The number of benzene rings is 3. The van der Waals surface area contributed by atoms with Crippen LogP contribution in [0, 0.1) is 10.8 Å². The van der Waals surface area contributed by atoms with Crippen LogP contribution in [0.15, 0.2) is 90.1 Å². The first kappa shape index (κ1) is 32.3. The van der Waals surface area contributed by atoms with Crippen LogP contribution < -0.4 is 4.31 Å². The predicted molar refractivity (Wildman–Crippen MR) is 168 cm³/mol. The third kappa shape index (κ3) is 7.58. The Hall–Kier alpha value is -4.13. The number of halogens is 3. The highest BCUT2D eigenvalue weighted by Crippen LogP contribution is 2.37. The summed E-state index contributed by atoms with van der Waals surface area (Å²) in [6.45, 7) is 0.590. The summed E-state index contributed by atoms with van der Waals surface area (Å²) in [6.07, 6.45) is -0.603. The van der Waals surface area contributed by atoms with Crippen LogP contribution in [0.1, 0.15) is 35.8 Å². The summed E-state index contributed by atoms with van der Waals surface area (Å²) >= 11 is 0. The fourth-order valence-corrected chi connectivity index (χ4v) is 7.10. The molecule has 0 bridgehead atoms. The molecule has 12 heteroatoms. The molecule has 5 rings (SSSR count). The van der Waals surface area contributed by atoms with Gasteiger partial charge >= 0.3 is 6.18 Å². The van der Waals surface area contributed by atoms with Gasteiger partial charge in [-0.25, -0.2) is 13.4 Å². The minimum Gasteiger partial charge on any atom is -0.384 e. The quantitative estimate of drug-likeness (QED) is 0.144. The molecule has 2 atom stereocenters. The van der Waals surface area contributed by atoms with E-state index in [4.69, 9.17) is 4.74 Å². The molecule has 1 N–H and O–H groups in total. The molecule has 4 aromatic rings. The Morgan fingerprint density at radius 1 is 1.02 bits per heavy atom. The van der Waals surface area contributed by atoms with Crippen LogP contribution in [0.5, 0.6) is 0 Å². The Kier molecular flexibility index (Phi) is 9.66. The molecule has 1 aromatic heterocycles. The summed E-state index contributed by atoms with van der Waals surface area (Å²) in [5, 5.41) is 14.6. The molecule has 8 nitrogen and oxygen atoms in total. The number of sulfonamides is 1. The van der Waals surface area contributed by atoms with E-state index in [9.17, 15) is 31.6 Å². The summed E-state index contributed by atoms with van der Waals surface area (Å²) in [5.41, 5.74) is 2.21. The van der Waals surface area contributed by atoms with Gasteiger partial charge in [-0.2, -0.15) is 13.2 Å². The monoisotopic (exact) mass is 639 g/mol. The van der Waals surface area contributed by atoms with E-state index in [1.165, 1.54) is 16.4 Å². The van der Waals surface area contributed by atoms with Gasteiger partial charge in [0.1, 0.15) is 11.8 Å². The van der Waals surface area contributed by atoms with Crippen LogP contribution in [-0.4, -0.2) is 44.5 Å². The normalized spacial score (nSPS) is 16.6. The molecule has 236 valence electrons. The maximum absolute atomic E-state index is 13.4.